The zero-order chi connectivity index (χ0) is 22.2. The summed E-state index contributed by atoms with van der Waals surface area (Å²) in [4.78, 5) is 28.9. The lowest BCUT2D eigenvalue weighted by Gasteiger charge is -2.31. The number of nitrogens with one attached hydrogen (secondary N) is 1. The molecule has 4 rings (SSSR count). The van der Waals surface area contributed by atoms with Gasteiger partial charge in [0.05, 0.1) is 4.90 Å². The van der Waals surface area contributed by atoms with Crippen LogP contribution in [0.2, 0.25) is 0 Å². The van der Waals surface area contributed by atoms with Gasteiger partial charge in [0, 0.05) is 43.7 Å². The van der Waals surface area contributed by atoms with Crippen LogP contribution in [0.5, 0.6) is 0 Å². The average Bonchev–Trinajstić information content (AvgIpc) is 3.55. The largest absolute Gasteiger partial charge is 0.343 e. The Balaban J connectivity index is 1.36. The lowest BCUT2D eigenvalue weighted by Crippen LogP contribution is -2.39. The summed E-state index contributed by atoms with van der Waals surface area (Å²) in [6, 6.07) is 5.29. The maximum absolute atomic E-state index is 12.8. The number of hydrogen-bond donors (Lipinski definition) is 1. The molecule has 3 aliphatic rings. The SMILES string of the molecule is CC1Cc2cc(S(=O)(=O)NCCC(=O)N(C)C3CCCCC3)ccc2N1C(=O)C1CC1. The van der Waals surface area contributed by atoms with Crippen LogP contribution < -0.4 is 9.62 Å². The third kappa shape index (κ3) is 4.80. The van der Waals surface area contributed by atoms with E-state index >= 15 is 0 Å². The molecule has 1 aromatic carbocycles. The zero-order valence-electron chi connectivity index (χ0n) is 18.5. The average molecular weight is 448 g/mol. The molecule has 1 aliphatic heterocycles. The van der Waals surface area contributed by atoms with Gasteiger partial charge < -0.3 is 9.80 Å². The molecule has 0 bridgehead atoms. The van der Waals surface area contributed by atoms with Gasteiger partial charge in [0.1, 0.15) is 0 Å². The Bertz CT molecular complexity index is 952. The van der Waals surface area contributed by atoms with Crippen LogP contribution in [0.25, 0.3) is 0 Å². The van der Waals surface area contributed by atoms with Crippen LogP contribution in [0.4, 0.5) is 5.69 Å². The molecule has 2 aliphatic carbocycles. The molecule has 31 heavy (non-hydrogen) atoms. The number of rotatable bonds is 7. The standard InChI is InChI=1S/C23H33N3O4S/c1-16-14-18-15-20(10-11-21(18)26(16)23(28)17-8-9-17)31(29,30)24-13-12-22(27)25(2)19-6-4-3-5-7-19/h10-11,15-17,19,24H,3-9,12-14H2,1-2H3. The number of nitrogens with zero attached hydrogens (tertiary/aromatic N) is 2. The van der Waals surface area contributed by atoms with Gasteiger partial charge in [-0.25, -0.2) is 13.1 Å². The Kier molecular flexibility index (Phi) is 6.40. The summed E-state index contributed by atoms with van der Waals surface area (Å²) in [6.45, 7) is 2.08. The van der Waals surface area contributed by atoms with E-state index in [0.717, 1.165) is 49.8 Å². The minimum Gasteiger partial charge on any atom is -0.343 e. The zero-order valence-corrected chi connectivity index (χ0v) is 19.3. The van der Waals surface area contributed by atoms with Crippen molar-refractivity contribution in [2.24, 2.45) is 5.92 Å². The number of anilines is 1. The quantitative estimate of drug-likeness (QED) is 0.696. The van der Waals surface area contributed by atoms with Crippen LogP contribution in [-0.4, -0.2) is 50.8 Å². The summed E-state index contributed by atoms with van der Waals surface area (Å²) in [5, 5.41) is 0. The number of benzene rings is 1. The van der Waals surface area contributed by atoms with E-state index in [9.17, 15) is 18.0 Å². The van der Waals surface area contributed by atoms with E-state index < -0.39 is 10.0 Å². The van der Waals surface area contributed by atoms with Crippen molar-refractivity contribution in [1.29, 1.82) is 0 Å². The van der Waals surface area contributed by atoms with Gasteiger partial charge in [-0.3, -0.25) is 9.59 Å². The van der Waals surface area contributed by atoms with Crippen LogP contribution in [-0.2, 0) is 26.0 Å². The Hall–Kier alpha value is -1.93. The van der Waals surface area contributed by atoms with Crippen molar-refractivity contribution in [3.63, 3.8) is 0 Å². The smallest absolute Gasteiger partial charge is 0.240 e. The minimum atomic E-state index is -3.71. The van der Waals surface area contributed by atoms with Crippen molar-refractivity contribution in [3.8, 4) is 0 Å². The molecule has 0 aromatic heterocycles. The lowest BCUT2D eigenvalue weighted by molar-refractivity contribution is -0.132. The van der Waals surface area contributed by atoms with Gasteiger partial charge >= 0.3 is 0 Å². The number of carbonyl (C=O) groups is 2. The van der Waals surface area contributed by atoms with Crippen molar-refractivity contribution >= 4 is 27.5 Å². The highest BCUT2D eigenvalue weighted by atomic mass is 32.2. The van der Waals surface area contributed by atoms with Crippen molar-refractivity contribution in [3.05, 3.63) is 23.8 Å². The molecule has 1 N–H and O–H groups in total. The molecule has 0 spiro atoms. The normalized spacial score (nSPS) is 21.7. The van der Waals surface area contributed by atoms with Crippen molar-refractivity contribution in [2.75, 3.05) is 18.5 Å². The molecule has 2 amide bonds. The predicted molar refractivity (Wildman–Crippen MR) is 119 cm³/mol. The third-order valence-corrected chi connectivity index (χ3v) is 8.35. The van der Waals surface area contributed by atoms with E-state index in [0.29, 0.717) is 6.42 Å². The Morgan fingerprint density at radius 1 is 1.13 bits per heavy atom. The number of carbonyl (C=O) groups excluding carboxylic acids is 2. The van der Waals surface area contributed by atoms with Crippen LogP contribution in [0.1, 0.15) is 63.9 Å². The van der Waals surface area contributed by atoms with Crippen molar-refractivity contribution in [2.45, 2.75) is 81.7 Å². The van der Waals surface area contributed by atoms with Gasteiger partial charge in [-0.15, -0.1) is 0 Å². The summed E-state index contributed by atoms with van der Waals surface area (Å²) in [5.74, 6) is 0.259. The molecule has 170 valence electrons. The molecule has 7 nitrogen and oxygen atoms in total. The maximum Gasteiger partial charge on any atom is 0.240 e. The molecular formula is C23H33N3O4S. The van der Waals surface area contributed by atoms with Gasteiger partial charge in [0.15, 0.2) is 0 Å². The number of hydrogen-bond acceptors (Lipinski definition) is 4. The van der Waals surface area contributed by atoms with Gasteiger partial charge in [0.2, 0.25) is 21.8 Å². The third-order valence-electron chi connectivity index (χ3n) is 6.89. The molecule has 1 unspecified atom stereocenters. The van der Waals surface area contributed by atoms with E-state index in [4.69, 9.17) is 0 Å². The summed E-state index contributed by atoms with van der Waals surface area (Å²) in [7, 11) is -1.89. The number of sulfonamides is 1. The van der Waals surface area contributed by atoms with Crippen molar-refractivity contribution in [1.82, 2.24) is 9.62 Å². The van der Waals surface area contributed by atoms with Crippen molar-refractivity contribution < 1.29 is 18.0 Å². The fourth-order valence-electron chi connectivity index (χ4n) is 4.86. The van der Waals surface area contributed by atoms with Gasteiger partial charge in [-0.1, -0.05) is 19.3 Å². The minimum absolute atomic E-state index is 0.0217. The lowest BCUT2D eigenvalue weighted by atomic mass is 9.94. The summed E-state index contributed by atoms with van der Waals surface area (Å²) in [5.41, 5.74) is 1.71. The van der Waals surface area contributed by atoms with E-state index in [1.165, 1.54) is 6.42 Å². The van der Waals surface area contributed by atoms with Crippen LogP contribution in [0.3, 0.4) is 0 Å². The van der Waals surface area contributed by atoms with E-state index in [1.54, 1.807) is 23.1 Å². The van der Waals surface area contributed by atoms with Gasteiger partial charge in [-0.2, -0.15) is 0 Å². The number of fused-ring (bicyclic) bond motifs is 1. The topological polar surface area (TPSA) is 86.8 Å². The molecule has 1 atom stereocenters. The highest BCUT2D eigenvalue weighted by Crippen LogP contribution is 2.39. The Labute approximate surface area is 185 Å². The molecule has 1 aromatic rings. The molecular weight excluding hydrogens is 414 g/mol. The highest BCUT2D eigenvalue weighted by molar-refractivity contribution is 7.89. The Morgan fingerprint density at radius 3 is 2.52 bits per heavy atom. The maximum atomic E-state index is 12.8. The second-order valence-electron chi connectivity index (χ2n) is 9.27. The molecule has 0 saturated heterocycles. The molecule has 1 heterocycles. The highest BCUT2D eigenvalue weighted by Gasteiger charge is 2.39. The first-order valence-electron chi connectivity index (χ1n) is 11.5. The first-order valence-corrected chi connectivity index (χ1v) is 13.0. The second kappa shape index (κ2) is 8.90. The monoisotopic (exact) mass is 447 g/mol. The summed E-state index contributed by atoms with van der Waals surface area (Å²) in [6.07, 6.45) is 8.28. The van der Waals surface area contributed by atoms with Crippen LogP contribution in [0.15, 0.2) is 23.1 Å². The molecule has 0 radical (unpaired) electrons. The van der Waals surface area contributed by atoms with E-state index in [2.05, 4.69) is 4.72 Å². The fraction of sp³-hybridized carbons (Fsp3) is 0.652. The first-order chi connectivity index (χ1) is 14.8. The predicted octanol–water partition coefficient (Wildman–Crippen LogP) is 2.83. The summed E-state index contributed by atoms with van der Waals surface area (Å²) >= 11 is 0. The molecule has 2 saturated carbocycles. The molecule has 8 heteroatoms. The second-order valence-corrected chi connectivity index (χ2v) is 11.0. The van der Waals surface area contributed by atoms with E-state index in [-0.39, 0.29) is 47.7 Å². The van der Waals surface area contributed by atoms with Gasteiger partial charge in [-0.05, 0) is 62.8 Å². The number of amides is 2. The van der Waals surface area contributed by atoms with Crippen LogP contribution >= 0.6 is 0 Å². The molecule has 2 fully saturated rings. The Morgan fingerprint density at radius 2 is 1.84 bits per heavy atom. The van der Waals surface area contributed by atoms with Crippen LogP contribution in [0, 0.1) is 5.92 Å². The summed E-state index contributed by atoms with van der Waals surface area (Å²) < 4.78 is 28.1. The first kappa shape index (κ1) is 22.3. The van der Waals surface area contributed by atoms with Gasteiger partial charge in [0.25, 0.3) is 0 Å². The van der Waals surface area contributed by atoms with E-state index in [1.807, 2.05) is 18.9 Å². The fourth-order valence-corrected chi connectivity index (χ4v) is 5.94.